The average Bonchev–Trinajstić information content (AvgIpc) is 2.63. The summed E-state index contributed by atoms with van der Waals surface area (Å²) in [6.45, 7) is -0.0511. The van der Waals surface area contributed by atoms with Gasteiger partial charge in [0, 0.05) is 5.88 Å². The smallest absolute Gasteiger partial charge is 0.113 e. The van der Waals surface area contributed by atoms with Gasteiger partial charge in [-0.1, -0.05) is 12.1 Å². The van der Waals surface area contributed by atoms with Crippen LogP contribution in [-0.4, -0.2) is 32.6 Å². The van der Waals surface area contributed by atoms with Gasteiger partial charge in [0.25, 0.3) is 0 Å². The number of fused-ring (bicyclic) bond motifs is 1. The summed E-state index contributed by atoms with van der Waals surface area (Å²) < 4.78 is 0. The molecule has 0 aliphatic rings. The Bertz CT molecular complexity index is 392. The molecular weight excluding hydrogens is 202 g/mol. The number of benzene rings is 1. The van der Waals surface area contributed by atoms with Gasteiger partial charge in [-0.15, -0.1) is 11.6 Å². The van der Waals surface area contributed by atoms with E-state index in [9.17, 15) is 0 Å². The monoisotopic (exact) mass is 211 g/mol. The molecule has 1 aromatic heterocycles. The largest absolute Gasteiger partial charge is 0.394 e. The highest BCUT2D eigenvalue weighted by molar-refractivity contribution is 6.18. The third kappa shape index (κ3) is 1.58. The molecule has 0 saturated carbocycles. The van der Waals surface area contributed by atoms with Gasteiger partial charge in [-0.3, -0.25) is 0 Å². The fraction of sp³-hybridized carbons (Fsp3) is 0.333. The lowest BCUT2D eigenvalue weighted by Crippen LogP contribution is -2.17. The minimum absolute atomic E-state index is 0.0511. The van der Waals surface area contributed by atoms with E-state index in [1.54, 1.807) is 0 Å². The molecule has 1 unspecified atom stereocenters. The molecule has 74 valence electrons. The maximum atomic E-state index is 9.02. The topological polar surface area (TPSA) is 50.9 Å². The molecule has 0 aliphatic carbocycles. The molecule has 4 nitrogen and oxygen atoms in total. The standard InChI is InChI=1S/C9H10ClN3O/c10-5-7(6-14)13-11-8-3-1-2-4-9(8)12-13/h1-4,7,14H,5-6H2. The molecule has 0 amide bonds. The summed E-state index contributed by atoms with van der Waals surface area (Å²) >= 11 is 5.67. The Labute approximate surface area is 86.1 Å². The number of aromatic nitrogens is 3. The highest BCUT2D eigenvalue weighted by Gasteiger charge is 2.11. The first-order chi connectivity index (χ1) is 6.85. The Hall–Kier alpha value is -1.13. The maximum absolute atomic E-state index is 9.02. The zero-order valence-corrected chi connectivity index (χ0v) is 8.22. The van der Waals surface area contributed by atoms with Gasteiger partial charge in [-0.25, -0.2) is 0 Å². The molecule has 0 saturated heterocycles. The van der Waals surface area contributed by atoms with E-state index < -0.39 is 0 Å². The van der Waals surface area contributed by atoms with Crippen molar-refractivity contribution >= 4 is 22.6 Å². The highest BCUT2D eigenvalue weighted by Crippen LogP contribution is 2.11. The van der Waals surface area contributed by atoms with Gasteiger partial charge in [0.1, 0.15) is 17.1 Å². The first-order valence-corrected chi connectivity index (χ1v) is 4.87. The molecule has 0 radical (unpaired) electrons. The van der Waals surface area contributed by atoms with Crippen LogP contribution in [0.2, 0.25) is 0 Å². The van der Waals surface area contributed by atoms with Crippen LogP contribution >= 0.6 is 11.6 Å². The SMILES string of the molecule is OCC(CCl)n1nc2ccccc2n1. The average molecular weight is 212 g/mol. The summed E-state index contributed by atoms with van der Waals surface area (Å²) in [6, 6.07) is 7.30. The molecule has 0 aliphatic heterocycles. The minimum atomic E-state index is -0.246. The third-order valence-corrected chi connectivity index (χ3v) is 2.37. The Morgan fingerprint density at radius 2 is 1.86 bits per heavy atom. The van der Waals surface area contributed by atoms with Crippen LogP contribution in [0.3, 0.4) is 0 Å². The number of aliphatic hydroxyl groups excluding tert-OH is 1. The summed E-state index contributed by atoms with van der Waals surface area (Å²) in [5.74, 6) is 0.303. The van der Waals surface area contributed by atoms with Gasteiger partial charge in [0.15, 0.2) is 0 Å². The number of alkyl halides is 1. The Morgan fingerprint density at radius 1 is 1.29 bits per heavy atom. The van der Waals surface area contributed by atoms with Gasteiger partial charge >= 0.3 is 0 Å². The van der Waals surface area contributed by atoms with Crippen molar-refractivity contribution < 1.29 is 5.11 Å². The highest BCUT2D eigenvalue weighted by atomic mass is 35.5. The Balaban J connectivity index is 2.43. The molecule has 2 rings (SSSR count). The van der Waals surface area contributed by atoms with Crippen LogP contribution < -0.4 is 0 Å². The summed E-state index contributed by atoms with van der Waals surface area (Å²) in [7, 11) is 0. The van der Waals surface area contributed by atoms with Gasteiger partial charge in [-0.2, -0.15) is 15.0 Å². The van der Waals surface area contributed by atoms with Crippen molar-refractivity contribution in [3.63, 3.8) is 0 Å². The molecule has 14 heavy (non-hydrogen) atoms. The zero-order chi connectivity index (χ0) is 9.97. The molecular formula is C9H10ClN3O. The molecule has 5 heteroatoms. The van der Waals surface area contributed by atoms with E-state index in [1.165, 1.54) is 4.80 Å². The Morgan fingerprint density at radius 3 is 2.29 bits per heavy atom. The van der Waals surface area contributed by atoms with Crippen molar-refractivity contribution in [2.24, 2.45) is 0 Å². The van der Waals surface area contributed by atoms with E-state index in [4.69, 9.17) is 16.7 Å². The van der Waals surface area contributed by atoms with E-state index in [0.717, 1.165) is 11.0 Å². The van der Waals surface area contributed by atoms with Crippen LogP contribution in [0.5, 0.6) is 0 Å². The second-order valence-electron chi connectivity index (χ2n) is 3.00. The van der Waals surface area contributed by atoms with Crippen LogP contribution in [0.4, 0.5) is 0 Å². The van der Waals surface area contributed by atoms with E-state index >= 15 is 0 Å². The maximum Gasteiger partial charge on any atom is 0.113 e. The van der Waals surface area contributed by atoms with Gasteiger partial charge in [0.2, 0.25) is 0 Å². The number of nitrogens with zero attached hydrogens (tertiary/aromatic N) is 3. The molecule has 1 atom stereocenters. The minimum Gasteiger partial charge on any atom is -0.394 e. The third-order valence-electron chi connectivity index (χ3n) is 2.02. The van der Waals surface area contributed by atoms with Crippen molar-refractivity contribution in [3.05, 3.63) is 24.3 Å². The number of halogens is 1. The van der Waals surface area contributed by atoms with Crippen molar-refractivity contribution in [1.29, 1.82) is 0 Å². The van der Waals surface area contributed by atoms with Gasteiger partial charge in [0.05, 0.1) is 6.61 Å². The molecule has 0 spiro atoms. The number of hydrogen-bond acceptors (Lipinski definition) is 3. The number of hydrogen-bond donors (Lipinski definition) is 1. The van der Waals surface area contributed by atoms with Crippen LogP contribution in [0.15, 0.2) is 24.3 Å². The molecule has 2 aromatic rings. The van der Waals surface area contributed by atoms with Gasteiger partial charge < -0.3 is 5.11 Å². The molecule has 1 N–H and O–H groups in total. The normalized spacial score (nSPS) is 13.3. The second-order valence-corrected chi connectivity index (χ2v) is 3.31. The number of aliphatic hydroxyl groups is 1. The summed E-state index contributed by atoms with van der Waals surface area (Å²) in [6.07, 6.45) is 0. The molecule has 0 fully saturated rings. The second kappa shape index (κ2) is 3.94. The van der Waals surface area contributed by atoms with Gasteiger partial charge in [-0.05, 0) is 12.1 Å². The van der Waals surface area contributed by atoms with E-state index in [-0.39, 0.29) is 12.6 Å². The van der Waals surface area contributed by atoms with Crippen LogP contribution in [0, 0.1) is 0 Å². The predicted octanol–water partition coefficient (Wildman–Crippen LogP) is 1.20. The Kier molecular flexibility index (Phi) is 2.65. The molecule has 1 aromatic carbocycles. The number of rotatable bonds is 3. The summed E-state index contributed by atoms with van der Waals surface area (Å²) in [4.78, 5) is 1.47. The van der Waals surface area contributed by atoms with Crippen LogP contribution in [0.1, 0.15) is 6.04 Å². The quantitative estimate of drug-likeness (QED) is 0.777. The lowest BCUT2D eigenvalue weighted by atomic mass is 10.3. The zero-order valence-electron chi connectivity index (χ0n) is 7.47. The lowest BCUT2D eigenvalue weighted by molar-refractivity contribution is 0.221. The lowest BCUT2D eigenvalue weighted by Gasteiger charge is -2.07. The first-order valence-electron chi connectivity index (χ1n) is 4.33. The fourth-order valence-corrected chi connectivity index (χ4v) is 1.44. The first kappa shape index (κ1) is 9.43. The van der Waals surface area contributed by atoms with Crippen molar-refractivity contribution in [2.45, 2.75) is 6.04 Å². The van der Waals surface area contributed by atoms with Crippen LogP contribution in [-0.2, 0) is 0 Å². The van der Waals surface area contributed by atoms with Crippen molar-refractivity contribution in [1.82, 2.24) is 15.0 Å². The van der Waals surface area contributed by atoms with Crippen molar-refractivity contribution in [3.8, 4) is 0 Å². The molecule has 0 bridgehead atoms. The van der Waals surface area contributed by atoms with Crippen molar-refractivity contribution in [2.75, 3.05) is 12.5 Å². The fourth-order valence-electron chi connectivity index (χ4n) is 1.22. The predicted molar refractivity (Wildman–Crippen MR) is 54.4 cm³/mol. The molecule has 1 heterocycles. The summed E-state index contributed by atoms with van der Waals surface area (Å²) in [5.41, 5.74) is 1.63. The van der Waals surface area contributed by atoms with E-state index in [1.807, 2.05) is 24.3 Å². The van der Waals surface area contributed by atoms with E-state index in [2.05, 4.69) is 10.2 Å². The van der Waals surface area contributed by atoms with E-state index in [0.29, 0.717) is 5.88 Å². The summed E-state index contributed by atoms with van der Waals surface area (Å²) in [5, 5.41) is 17.5. The van der Waals surface area contributed by atoms with Crippen LogP contribution in [0.25, 0.3) is 11.0 Å².